The Morgan fingerprint density at radius 1 is 1.07 bits per heavy atom. The highest BCUT2D eigenvalue weighted by molar-refractivity contribution is 6.22. The molecule has 5 N–H and O–H groups in total. The van der Waals surface area contributed by atoms with Crippen molar-refractivity contribution < 1.29 is 29.4 Å². The van der Waals surface area contributed by atoms with Crippen molar-refractivity contribution in [2.75, 3.05) is 32.8 Å². The number of nitrogens with zero attached hydrogens (tertiary/aromatic N) is 2. The number of piperazine rings is 1. The van der Waals surface area contributed by atoms with Crippen molar-refractivity contribution >= 4 is 40.1 Å². The van der Waals surface area contributed by atoms with E-state index in [-0.39, 0.29) is 24.0 Å². The first-order chi connectivity index (χ1) is 20.3. The quantitative estimate of drug-likeness (QED) is 0.111. The van der Waals surface area contributed by atoms with Gasteiger partial charge in [0.1, 0.15) is 0 Å². The zero-order valence-corrected chi connectivity index (χ0v) is 23.0. The average molecular weight is 570 g/mol. The number of benzene rings is 3. The van der Waals surface area contributed by atoms with Gasteiger partial charge in [0.15, 0.2) is 5.88 Å². The first-order valence-electron chi connectivity index (χ1n) is 13.6. The molecule has 3 aromatic carbocycles. The van der Waals surface area contributed by atoms with E-state index in [4.69, 9.17) is 9.83 Å². The largest absolute Gasteiger partial charge is 0.494 e. The van der Waals surface area contributed by atoms with E-state index in [0.29, 0.717) is 65.0 Å². The van der Waals surface area contributed by atoms with Gasteiger partial charge in [0.2, 0.25) is 5.91 Å². The van der Waals surface area contributed by atoms with E-state index in [9.17, 15) is 24.6 Å². The minimum Gasteiger partial charge on any atom is -0.494 e. The Hall–Kier alpha value is -5.00. The molecule has 0 radical (unpaired) electrons. The highest BCUT2D eigenvalue weighted by atomic mass is 16.7. The van der Waals surface area contributed by atoms with Crippen LogP contribution >= 0.6 is 0 Å². The van der Waals surface area contributed by atoms with Crippen LogP contribution in [0.2, 0.25) is 0 Å². The number of aromatic nitrogens is 1. The lowest BCUT2D eigenvalue weighted by Crippen LogP contribution is -2.48. The molecule has 0 unspecified atom stereocenters. The maximum absolute atomic E-state index is 12.6. The lowest BCUT2D eigenvalue weighted by molar-refractivity contribution is -0.124. The number of aryl methyl sites for hydroxylation is 1. The van der Waals surface area contributed by atoms with Crippen LogP contribution in [0.25, 0.3) is 10.9 Å². The van der Waals surface area contributed by atoms with Crippen molar-refractivity contribution in [3.05, 3.63) is 94.5 Å². The van der Waals surface area contributed by atoms with Crippen LogP contribution < -0.4 is 10.8 Å². The molecular formula is C31H31N5O6. The normalized spacial score (nSPS) is 14.1. The van der Waals surface area contributed by atoms with E-state index < -0.39 is 11.9 Å². The molecule has 4 aromatic rings. The first kappa shape index (κ1) is 28.5. The van der Waals surface area contributed by atoms with Crippen molar-refractivity contribution in [2.45, 2.75) is 13.3 Å². The summed E-state index contributed by atoms with van der Waals surface area (Å²) < 4.78 is 0. The van der Waals surface area contributed by atoms with Crippen molar-refractivity contribution in [3.8, 4) is 5.88 Å². The highest BCUT2D eigenvalue weighted by Crippen LogP contribution is 2.33. The van der Waals surface area contributed by atoms with Crippen LogP contribution in [0, 0.1) is 0 Å². The van der Waals surface area contributed by atoms with Gasteiger partial charge in [-0.1, -0.05) is 37.3 Å². The number of H-pyrrole nitrogens is 1. The van der Waals surface area contributed by atoms with Crippen LogP contribution in [-0.2, 0) is 16.1 Å². The molecule has 5 rings (SSSR count). The third kappa shape index (κ3) is 6.32. The number of carboxylic acid groups (broad SMARTS) is 1. The highest BCUT2D eigenvalue weighted by Gasteiger charge is 2.22. The third-order valence-electron chi connectivity index (χ3n) is 7.06. The van der Waals surface area contributed by atoms with Gasteiger partial charge >= 0.3 is 5.97 Å². The number of hydrogen-bond acceptors (Lipinski definition) is 7. The molecule has 1 fully saturated rings. The molecule has 0 atom stereocenters. The summed E-state index contributed by atoms with van der Waals surface area (Å²) in [5.41, 5.74) is 6.32. The molecule has 0 saturated carbocycles. The number of aromatic carboxylic acids is 1. The summed E-state index contributed by atoms with van der Waals surface area (Å²) in [6, 6.07) is 19.3. The van der Waals surface area contributed by atoms with Gasteiger partial charge in [-0.25, -0.2) is 15.3 Å². The van der Waals surface area contributed by atoms with Gasteiger partial charge in [0, 0.05) is 41.7 Å². The number of nitrogens with one attached hydrogen (secondary N) is 3. The maximum atomic E-state index is 12.6. The minimum atomic E-state index is -1.04. The van der Waals surface area contributed by atoms with E-state index in [1.165, 1.54) is 6.07 Å². The van der Waals surface area contributed by atoms with E-state index in [2.05, 4.69) is 15.8 Å². The second-order valence-electron chi connectivity index (χ2n) is 9.84. The van der Waals surface area contributed by atoms with Gasteiger partial charge < -0.3 is 20.5 Å². The Morgan fingerprint density at radius 3 is 2.52 bits per heavy atom. The van der Waals surface area contributed by atoms with Crippen molar-refractivity contribution in [1.82, 2.24) is 20.7 Å². The number of aromatic hydroxyl groups is 1. The van der Waals surface area contributed by atoms with Gasteiger partial charge in [-0.3, -0.25) is 19.3 Å². The Bertz CT molecular complexity index is 1650. The number of carboxylic acids is 1. The van der Waals surface area contributed by atoms with Crippen LogP contribution in [0.3, 0.4) is 0 Å². The molecule has 0 bridgehead atoms. The van der Waals surface area contributed by atoms with E-state index in [0.717, 1.165) is 12.1 Å². The summed E-state index contributed by atoms with van der Waals surface area (Å²) in [6.07, 6.45) is 0.503. The Morgan fingerprint density at radius 2 is 1.83 bits per heavy atom. The number of aromatic amines is 1. The molecule has 1 aliphatic rings. The number of aliphatic imine (C=N–C) groups is 1. The number of rotatable bonds is 10. The minimum absolute atomic E-state index is 0.0265. The van der Waals surface area contributed by atoms with Gasteiger partial charge in [-0.2, -0.15) is 0 Å². The van der Waals surface area contributed by atoms with Crippen molar-refractivity contribution in [3.63, 3.8) is 0 Å². The first-order valence-corrected chi connectivity index (χ1v) is 13.6. The monoisotopic (exact) mass is 569 g/mol. The fourth-order valence-electron chi connectivity index (χ4n) is 4.91. The summed E-state index contributed by atoms with van der Waals surface area (Å²) in [6.45, 7) is 4.27. The zero-order chi connectivity index (χ0) is 29.6. The smallest absolute Gasteiger partial charge is 0.336 e. The number of carbonyl (C=O) groups is 3. The zero-order valence-electron chi connectivity index (χ0n) is 23.0. The summed E-state index contributed by atoms with van der Waals surface area (Å²) >= 11 is 0. The molecule has 11 heteroatoms. The Balaban J connectivity index is 1.38. The van der Waals surface area contributed by atoms with Crippen molar-refractivity contribution in [1.29, 1.82) is 0 Å². The van der Waals surface area contributed by atoms with Crippen LogP contribution in [0.15, 0.2) is 71.7 Å². The molecule has 1 aliphatic heterocycles. The average Bonchev–Trinajstić information content (AvgIpc) is 3.32. The maximum Gasteiger partial charge on any atom is 0.336 e. The molecule has 0 spiro atoms. The molecule has 1 aromatic heterocycles. The molecule has 216 valence electrons. The van der Waals surface area contributed by atoms with Crippen LogP contribution in [-0.4, -0.2) is 76.4 Å². The molecular weight excluding hydrogens is 538 g/mol. The molecule has 2 heterocycles. The SMILES string of the molecule is CCc1cc2c(C(=Nc3ccc(C(=O)NOCCN4CCNC(=O)C4)cc3)c3ccccc3)c(O)[nH]c2cc1C(=O)O. The predicted molar refractivity (Wildman–Crippen MR) is 157 cm³/mol. The summed E-state index contributed by atoms with van der Waals surface area (Å²) in [5, 5.41) is 24.0. The molecule has 2 amide bonds. The second-order valence-corrected chi connectivity index (χ2v) is 9.84. The lowest BCUT2D eigenvalue weighted by atomic mass is 9.97. The van der Waals surface area contributed by atoms with Gasteiger partial charge in [-0.05, 0) is 48.4 Å². The van der Waals surface area contributed by atoms with Crippen LogP contribution in [0.1, 0.15) is 44.3 Å². The van der Waals surface area contributed by atoms with E-state index in [1.807, 2.05) is 42.2 Å². The van der Waals surface area contributed by atoms with Crippen LogP contribution in [0.5, 0.6) is 5.88 Å². The fourth-order valence-corrected chi connectivity index (χ4v) is 4.91. The van der Waals surface area contributed by atoms with Crippen LogP contribution in [0.4, 0.5) is 5.69 Å². The number of hydroxylamine groups is 1. The van der Waals surface area contributed by atoms with E-state index in [1.54, 1.807) is 30.3 Å². The Labute approximate surface area is 241 Å². The van der Waals surface area contributed by atoms with Gasteiger partial charge in [0.25, 0.3) is 5.91 Å². The molecule has 1 saturated heterocycles. The topological polar surface area (TPSA) is 156 Å². The van der Waals surface area contributed by atoms with E-state index >= 15 is 0 Å². The summed E-state index contributed by atoms with van der Waals surface area (Å²) in [4.78, 5) is 50.9. The standard InChI is InChI=1S/C31H31N5O6/c1-2-19-16-24-25(17-23(19)31(40)41)34-30(39)27(24)28(20-6-4-3-5-7-20)33-22-10-8-21(9-11-22)29(38)35-42-15-14-36-13-12-32-26(37)18-36/h3-11,16-17,34,39H,2,12-15,18H2,1H3,(H,32,37)(H,35,38)(H,40,41). The lowest BCUT2D eigenvalue weighted by Gasteiger charge is -2.25. The summed E-state index contributed by atoms with van der Waals surface area (Å²) in [5.74, 6) is -1.61. The van der Waals surface area contributed by atoms with Gasteiger partial charge in [-0.15, -0.1) is 0 Å². The van der Waals surface area contributed by atoms with Gasteiger partial charge in [0.05, 0.1) is 35.7 Å². The number of hydrogen-bond donors (Lipinski definition) is 5. The third-order valence-corrected chi connectivity index (χ3v) is 7.06. The predicted octanol–water partition coefficient (Wildman–Crippen LogP) is 3.40. The number of carbonyl (C=O) groups excluding carboxylic acids is 2. The second kappa shape index (κ2) is 12.7. The number of amides is 2. The molecule has 42 heavy (non-hydrogen) atoms. The summed E-state index contributed by atoms with van der Waals surface area (Å²) in [7, 11) is 0. The molecule has 11 nitrogen and oxygen atoms in total. The Kier molecular flexibility index (Phi) is 8.60. The molecule has 0 aliphatic carbocycles. The fraction of sp³-hybridized carbons (Fsp3) is 0.226. The number of fused-ring (bicyclic) bond motifs is 1. The van der Waals surface area contributed by atoms with Crippen molar-refractivity contribution in [2.24, 2.45) is 4.99 Å².